The maximum Gasteiger partial charge on any atom is 0.266 e. The van der Waals surface area contributed by atoms with Gasteiger partial charge >= 0.3 is 0 Å². The molecular formula is C31H34ClF2N7O3. The minimum atomic E-state index is -2.74. The number of carbonyl (C=O) groups is 2. The fraction of sp³-hybridized carbons (Fsp3) is 0.452. The lowest BCUT2D eigenvalue weighted by atomic mass is 10.0. The Morgan fingerprint density at radius 2 is 1.95 bits per heavy atom. The number of aromatic nitrogens is 3. The van der Waals surface area contributed by atoms with E-state index in [0.717, 1.165) is 18.4 Å². The summed E-state index contributed by atoms with van der Waals surface area (Å²) in [6.45, 7) is 4.95. The summed E-state index contributed by atoms with van der Waals surface area (Å²) in [5.74, 6) is -2.44. The third-order valence-electron chi connectivity index (χ3n) is 8.41. The van der Waals surface area contributed by atoms with Gasteiger partial charge in [0.1, 0.15) is 11.9 Å². The summed E-state index contributed by atoms with van der Waals surface area (Å²) < 4.78 is 32.9. The molecule has 0 saturated carbocycles. The highest BCUT2D eigenvalue weighted by Gasteiger charge is 2.39. The second kappa shape index (κ2) is 12.2. The molecule has 13 heteroatoms. The normalized spacial score (nSPS) is 19.5. The molecule has 2 fully saturated rings. The van der Waals surface area contributed by atoms with E-state index < -0.39 is 18.0 Å². The molecule has 2 atom stereocenters. The van der Waals surface area contributed by atoms with E-state index in [1.807, 2.05) is 12.1 Å². The van der Waals surface area contributed by atoms with Gasteiger partial charge in [0.25, 0.3) is 11.8 Å². The SMILES string of the molecule is CC(NC(=O)C(C)N1Cc2ccc(-c3nc(NC4CCOCC4)ncc3Cl)cc2C1=O)c1cccc(N2CCC(F)(F)C2)n1. The van der Waals surface area contributed by atoms with Gasteiger partial charge in [0.05, 0.1) is 35.2 Å². The summed E-state index contributed by atoms with van der Waals surface area (Å²) in [5, 5.41) is 6.63. The Morgan fingerprint density at radius 1 is 1.16 bits per heavy atom. The van der Waals surface area contributed by atoms with Gasteiger partial charge in [-0.25, -0.2) is 23.7 Å². The number of ether oxygens (including phenoxy) is 1. The lowest BCUT2D eigenvalue weighted by molar-refractivity contribution is -0.125. The van der Waals surface area contributed by atoms with Crippen molar-refractivity contribution in [1.82, 2.24) is 25.2 Å². The van der Waals surface area contributed by atoms with Crippen molar-refractivity contribution >= 4 is 35.2 Å². The minimum Gasteiger partial charge on any atom is -0.381 e. The van der Waals surface area contributed by atoms with Gasteiger partial charge in [-0.15, -0.1) is 0 Å². The molecule has 0 spiro atoms. The van der Waals surface area contributed by atoms with Gasteiger partial charge in [0.15, 0.2) is 0 Å². The van der Waals surface area contributed by atoms with Crippen molar-refractivity contribution in [3.05, 3.63) is 64.4 Å². The zero-order valence-corrected chi connectivity index (χ0v) is 25.3. The van der Waals surface area contributed by atoms with E-state index in [4.69, 9.17) is 16.3 Å². The monoisotopic (exact) mass is 625 g/mol. The van der Waals surface area contributed by atoms with E-state index in [1.165, 1.54) is 4.90 Å². The number of rotatable bonds is 8. The van der Waals surface area contributed by atoms with Gasteiger partial charge in [0, 0.05) is 49.9 Å². The highest BCUT2D eigenvalue weighted by Crippen LogP contribution is 2.33. The molecule has 3 aliphatic heterocycles. The van der Waals surface area contributed by atoms with Crippen LogP contribution in [0.2, 0.25) is 5.02 Å². The van der Waals surface area contributed by atoms with E-state index in [9.17, 15) is 18.4 Å². The number of hydrogen-bond donors (Lipinski definition) is 2. The van der Waals surface area contributed by atoms with Crippen molar-refractivity contribution in [2.75, 3.05) is 36.5 Å². The van der Waals surface area contributed by atoms with Crippen LogP contribution in [-0.2, 0) is 16.1 Å². The average Bonchev–Trinajstić information content (AvgIpc) is 3.56. The number of benzene rings is 1. The van der Waals surface area contributed by atoms with E-state index in [2.05, 4.69) is 25.6 Å². The number of amides is 2. The molecule has 1 aromatic carbocycles. The number of anilines is 2. The summed E-state index contributed by atoms with van der Waals surface area (Å²) in [5.41, 5.74) is 3.02. The number of alkyl halides is 2. The zero-order valence-electron chi connectivity index (χ0n) is 24.5. The van der Waals surface area contributed by atoms with E-state index in [0.29, 0.717) is 52.5 Å². The topological polar surface area (TPSA) is 113 Å². The highest BCUT2D eigenvalue weighted by molar-refractivity contribution is 6.33. The van der Waals surface area contributed by atoms with E-state index in [1.54, 1.807) is 49.2 Å². The minimum absolute atomic E-state index is 0.209. The molecule has 2 N–H and O–H groups in total. The molecule has 0 radical (unpaired) electrons. The Morgan fingerprint density at radius 3 is 2.70 bits per heavy atom. The molecule has 6 rings (SSSR count). The molecule has 10 nitrogen and oxygen atoms in total. The van der Waals surface area contributed by atoms with Gasteiger partial charge < -0.3 is 25.2 Å². The van der Waals surface area contributed by atoms with Crippen molar-refractivity contribution in [3.63, 3.8) is 0 Å². The molecule has 2 saturated heterocycles. The Bertz CT molecular complexity index is 1570. The van der Waals surface area contributed by atoms with Crippen molar-refractivity contribution in [2.45, 2.75) is 63.7 Å². The Balaban J connectivity index is 1.12. The molecule has 232 valence electrons. The van der Waals surface area contributed by atoms with E-state index in [-0.39, 0.29) is 43.9 Å². The molecule has 44 heavy (non-hydrogen) atoms. The number of nitrogens with one attached hydrogen (secondary N) is 2. The average molecular weight is 626 g/mol. The van der Waals surface area contributed by atoms with Gasteiger partial charge in [-0.2, -0.15) is 0 Å². The first-order chi connectivity index (χ1) is 21.1. The lowest BCUT2D eigenvalue weighted by Crippen LogP contribution is -2.46. The van der Waals surface area contributed by atoms with Crippen molar-refractivity contribution in [1.29, 1.82) is 0 Å². The fourth-order valence-electron chi connectivity index (χ4n) is 5.78. The molecule has 2 amide bonds. The van der Waals surface area contributed by atoms with Crippen molar-refractivity contribution in [2.24, 2.45) is 0 Å². The molecule has 0 aliphatic carbocycles. The Kier molecular flexibility index (Phi) is 8.38. The van der Waals surface area contributed by atoms with Crippen LogP contribution in [0, 0.1) is 0 Å². The second-order valence-electron chi connectivity index (χ2n) is 11.6. The first kappa shape index (κ1) is 30.1. The van der Waals surface area contributed by atoms with Gasteiger partial charge in [-0.3, -0.25) is 9.59 Å². The maximum absolute atomic E-state index is 13.7. The maximum atomic E-state index is 13.7. The zero-order chi connectivity index (χ0) is 31.0. The van der Waals surface area contributed by atoms with Crippen LogP contribution in [0.3, 0.4) is 0 Å². The van der Waals surface area contributed by atoms with Crippen molar-refractivity contribution < 1.29 is 23.1 Å². The third-order valence-corrected chi connectivity index (χ3v) is 8.69. The lowest BCUT2D eigenvalue weighted by Gasteiger charge is -2.25. The number of pyridine rings is 1. The quantitative estimate of drug-likeness (QED) is 0.365. The van der Waals surface area contributed by atoms with Crippen LogP contribution in [0.25, 0.3) is 11.3 Å². The molecule has 3 aliphatic rings. The van der Waals surface area contributed by atoms with Gasteiger partial charge in [-0.1, -0.05) is 29.8 Å². The standard InChI is InChI=1S/C31H34ClF2N7O3/c1-18(25-4-3-5-26(38-25)40-11-10-31(33,34)17-40)36-28(42)19(2)41-16-21-7-6-20(14-23(21)29(41)43)27-24(32)15-35-30(39-27)37-22-8-12-44-13-9-22/h3-7,14-15,18-19,22H,8-13,16-17H2,1-2H3,(H,36,42)(H,35,37,39). The molecule has 3 aromatic rings. The van der Waals surface area contributed by atoms with Crippen LogP contribution < -0.4 is 15.5 Å². The summed E-state index contributed by atoms with van der Waals surface area (Å²) in [6.07, 6.45) is 3.05. The van der Waals surface area contributed by atoms with Crippen molar-refractivity contribution in [3.8, 4) is 11.3 Å². The first-order valence-electron chi connectivity index (χ1n) is 14.8. The van der Waals surface area contributed by atoms with Crippen LogP contribution in [0.1, 0.15) is 60.8 Å². The highest BCUT2D eigenvalue weighted by atomic mass is 35.5. The van der Waals surface area contributed by atoms with Crippen LogP contribution in [-0.4, -0.2) is 76.0 Å². The summed E-state index contributed by atoms with van der Waals surface area (Å²) in [6, 6.07) is 9.61. The second-order valence-corrected chi connectivity index (χ2v) is 12.0. The number of fused-ring (bicyclic) bond motifs is 1. The molecule has 0 bridgehead atoms. The molecule has 5 heterocycles. The third kappa shape index (κ3) is 6.32. The number of nitrogens with zero attached hydrogens (tertiary/aromatic N) is 5. The van der Waals surface area contributed by atoms with Gasteiger partial charge in [-0.05, 0) is 50.5 Å². The largest absolute Gasteiger partial charge is 0.381 e. The van der Waals surface area contributed by atoms with Crippen LogP contribution in [0.4, 0.5) is 20.5 Å². The predicted molar refractivity (Wildman–Crippen MR) is 162 cm³/mol. The first-order valence-corrected chi connectivity index (χ1v) is 15.2. The summed E-state index contributed by atoms with van der Waals surface area (Å²) in [7, 11) is 0. The van der Waals surface area contributed by atoms with E-state index >= 15 is 0 Å². The number of halogens is 3. The number of hydrogen-bond acceptors (Lipinski definition) is 8. The summed E-state index contributed by atoms with van der Waals surface area (Å²) >= 11 is 6.48. The van der Waals surface area contributed by atoms with Crippen LogP contribution in [0.5, 0.6) is 0 Å². The smallest absolute Gasteiger partial charge is 0.266 e. The summed E-state index contributed by atoms with van der Waals surface area (Å²) in [4.78, 5) is 43.4. The van der Waals surface area contributed by atoms with Gasteiger partial charge in [0.2, 0.25) is 11.9 Å². The predicted octanol–water partition coefficient (Wildman–Crippen LogP) is 4.85. The number of carbonyl (C=O) groups excluding carboxylic acids is 2. The molecular weight excluding hydrogens is 592 g/mol. The molecule has 2 aromatic heterocycles. The Labute approximate surface area is 259 Å². The van der Waals surface area contributed by atoms with Crippen LogP contribution >= 0.6 is 11.6 Å². The fourth-order valence-corrected chi connectivity index (χ4v) is 5.99. The Hall–Kier alpha value is -3.90. The molecule has 2 unspecified atom stereocenters. The van der Waals surface area contributed by atoms with Crippen LogP contribution in [0.15, 0.2) is 42.6 Å².